The predicted molar refractivity (Wildman–Crippen MR) is 60.0 cm³/mol. The maximum atomic E-state index is 12.9. The Morgan fingerprint density at radius 1 is 1.47 bits per heavy atom. The van der Waals surface area contributed by atoms with Gasteiger partial charge in [0.05, 0.1) is 25.2 Å². The number of primary amides is 1. The molecule has 104 valence electrons. The molecular weight excluding hydrogens is 263 g/mol. The van der Waals surface area contributed by atoms with Gasteiger partial charge in [-0.2, -0.15) is 13.2 Å². The van der Waals surface area contributed by atoms with E-state index in [9.17, 15) is 18.0 Å². The van der Waals surface area contributed by atoms with Crippen molar-refractivity contribution in [3.05, 3.63) is 23.3 Å². The van der Waals surface area contributed by atoms with Crippen LogP contribution in [0.3, 0.4) is 0 Å². The largest absolute Gasteiger partial charge is 0.496 e. The molecule has 1 aliphatic rings. The Hall–Kier alpha value is -1.92. The molecule has 2 rings (SSSR count). The number of alkyl halides is 3. The Kier molecular flexibility index (Phi) is 3.30. The van der Waals surface area contributed by atoms with Gasteiger partial charge in [0.15, 0.2) is 0 Å². The summed E-state index contributed by atoms with van der Waals surface area (Å²) < 4.78 is 48.8. The lowest BCUT2D eigenvalue weighted by Gasteiger charge is -2.28. The van der Waals surface area contributed by atoms with Crippen molar-refractivity contribution in [1.29, 1.82) is 0 Å². The molecule has 1 heterocycles. The van der Waals surface area contributed by atoms with Gasteiger partial charge in [0.1, 0.15) is 11.5 Å². The van der Waals surface area contributed by atoms with Crippen molar-refractivity contribution < 1.29 is 27.4 Å². The number of hydrogen-bond donors (Lipinski definition) is 1. The molecule has 0 saturated heterocycles. The van der Waals surface area contributed by atoms with Crippen LogP contribution in [-0.2, 0) is 11.0 Å². The van der Waals surface area contributed by atoms with Gasteiger partial charge < -0.3 is 15.2 Å². The summed E-state index contributed by atoms with van der Waals surface area (Å²) in [6.07, 6.45) is -4.32. The normalized spacial score (nSPS) is 18.4. The van der Waals surface area contributed by atoms with Crippen LogP contribution in [0.2, 0.25) is 0 Å². The quantitative estimate of drug-likeness (QED) is 0.898. The smallest absolute Gasteiger partial charge is 0.419 e. The van der Waals surface area contributed by atoms with E-state index in [0.29, 0.717) is 0 Å². The van der Waals surface area contributed by atoms with Crippen molar-refractivity contribution in [2.45, 2.75) is 18.5 Å². The van der Waals surface area contributed by atoms with Crippen LogP contribution in [0.5, 0.6) is 11.5 Å². The number of carbonyl (C=O) groups excluding carboxylic acids is 1. The molecule has 0 radical (unpaired) electrons. The van der Waals surface area contributed by atoms with E-state index in [-0.39, 0.29) is 30.1 Å². The summed E-state index contributed by atoms with van der Waals surface area (Å²) in [4.78, 5) is 11.4. The average Bonchev–Trinajstić information content (AvgIpc) is 2.35. The molecule has 7 heteroatoms. The van der Waals surface area contributed by atoms with Crippen molar-refractivity contribution >= 4 is 5.91 Å². The van der Waals surface area contributed by atoms with Crippen molar-refractivity contribution in [2.24, 2.45) is 5.73 Å². The highest BCUT2D eigenvalue weighted by Crippen LogP contribution is 2.47. The summed E-state index contributed by atoms with van der Waals surface area (Å²) in [7, 11) is 1.32. The van der Waals surface area contributed by atoms with E-state index in [4.69, 9.17) is 15.2 Å². The zero-order valence-corrected chi connectivity index (χ0v) is 10.1. The second kappa shape index (κ2) is 4.64. The summed E-state index contributed by atoms with van der Waals surface area (Å²) in [5.74, 6) is -1.71. The lowest BCUT2D eigenvalue weighted by Crippen LogP contribution is -2.28. The first-order valence-electron chi connectivity index (χ1n) is 5.56. The van der Waals surface area contributed by atoms with Gasteiger partial charge in [-0.05, 0) is 18.6 Å². The Labute approximate surface area is 107 Å². The van der Waals surface area contributed by atoms with Crippen LogP contribution in [0, 0.1) is 0 Å². The van der Waals surface area contributed by atoms with E-state index < -0.39 is 23.6 Å². The Bertz CT molecular complexity index is 514. The van der Waals surface area contributed by atoms with E-state index in [0.717, 1.165) is 6.07 Å². The summed E-state index contributed by atoms with van der Waals surface area (Å²) in [6.45, 7) is 0.0108. The van der Waals surface area contributed by atoms with Gasteiger partial charge in [-0.15, -0.1) is 0 Å². The van der Waals surface area contributed by atoms with Crippen molar-refractivity contribution in [2.75, 3.05) is 13.7 Å². The van der Waals surface area contributed by atoms with Crippen LogP contribution in [0.1, 0.15) is 23.5 Å². The fraction of sp³-hybridized carbons (Fsp3) is 0.417. The maximum absolute atomic E-state index is 12.9. The number of hydrogen-bond acceptors (Lipinski definition) is 3. The van der Waals surface area contributed by atoms with Gasteiger partial charge in [0.25, 0.3) is 0 Å². The lowest BCUT2D eigenvalue weighted by molar-refractivity contribution is -0.139. The Morgan fingerprint density at radius 3 is 2.68 bits per heavy atom. The average molecular weight is 275 g/mol. The number of amides is 1. The van der Waals surface area contributed by atoms with Gasteiger partial charge >= 0.3 is 6.18 Å². The SMILES string of the molecule is COc1ccc(C(F)(F)F)c2c1C(C(N)=O)CCO2. The number of nitrogens with two attached hydrogens (primary N) is 1. The maximum Gasteiger partial charge on any atom is 0.419 e. The molecule has 1 unspecified atom stereocenters. The first-order chi connectivity index (χ1) is 8.86. The Morgan fingerprint density at radius 2 is 2.16 bits per heavy atom. The fourth-order valence-corrected chi connectivity index (χ4v) is 2.18. The molecular formula is C12H12F3NO3. The molecule has 4 nitrogen and oxygen atoms in total. The third-order valence-corrected chi connectivity index (χ3v) is 3.03. The van der Waals surface area contributed by atoms with Crippen LogP contribution < -0.4 is 15.2 Å². The molecule has 1 aromatic carbocycles. The van der Waals surface area contributed by atoms with Crippen LogP contribution in [-0.4, -0.2) is 19.6 Å². The van der Waals surface area contributed by atoms with Crippen molar-refractivity contribution in [3.63, 3.8) is 0 Å². The van der Waals surface area contributed by atoms with E-state index in [1.165, 1.54) is 13.2 Å². The van der Waals surface area contributed by atoms with Crippen molar-refractivity contribution in [3.8, 4) is 11.5 Å². The second-order valence-electron chi connectivity index (χ2n) is 4.15. The van der Waals surface area contributed by atoms with Gasteiger partial charge in [0.2, 0.25) is 5.91 Å². The minimum absolute atomic E-state index is 0.0108. The summed E-state index contributed by atoms with van der Waals surface area (Å²) >= 11 is 0. The third kappa shape index (κ3) is 2.32. The van der Waals surface area contributed by atoms with E-state index >= 15 is 0 Å². The molecule has 1 aliphatic heterocycles. The summed E-state index contributed by atoms with van der Waals surface area (Å²) in [5, 5.41) is 0. The number of methoxy groups -OCH3 is 1. The first-order valence-corrected chi connectivity index (χ1v) is 5.56. The van der Waals surface area contributed by atoms with Gasteiger partial charge in [-0.1, -0.05) is 0 Å². The molecule has 2 N–H and O–H groups in total. The molecule has 0 aromatic heterocycles. The molecule has 19 heavy (non-hydrogen) atoms. The lowest BCUT2D eigenvalue weighted by atomic mass is 9.89. The standard InChI is InChI=1S/C12H12F3NO3/c1-18-8-3-2-7(12(13,14)15)10-9(8)6(11(16)17)4-5-19-10/h2-3,6H,4-5H2,1H3,(H2,16,17). The highest BCUT2D eigenvalue weighted by molar-refractivity contribution is 5.84. The van der Waals surface area contributed by atoms with Crippen LogP contribution in [0.15, 0.2) is 12.1 Å². The number of fused-ring (bicyclic) bond motifs is 1. The molecule has 0 fully saturated rings. The van der Waals surface area contributed by atoms with Gasteiger partial charge in [0, 0.05) is 5.56 Å². The van der Waals surface area contributed by atoms with E-state index in [2.05, 4.69) is 0 Å². The molecule has 0 spiro atoms. The second-order valence-corrected chi connectivity index (χ2v) is 4.15. The van der Waals surface area contributed by atoms with Gasteiger partial charge in [-0.3, -0.25) is 4.79 Å². The fourth-order valence-electron chi connectivity index (χ4n) is 2.18. The first kappa shape index (κ1) is 13.5. The topological polar surface area (TPSA) is 61.5 Å². The minimum atomic E-state index is -4.56. The zero-order valence-electron chi connectivity index (χ0n) is 10.1. The zero-order chi connectivity index (χ0) is 14.2. The van der Waals surface area contributed by atoms with E-state index in [1.54, 1.807) is 0 Å². The number of carbonyl (C=O) groups is 1. The van der Waals surface area contributed by atoms with Crippen LogP contribution in [0.4, 0.5) is 13.2 Å². The van der Waals surface area contributed by atoms with E-state index in [1.807, 2.05) is 0 Å². The number of halogens is 3. The minimum Gasteiger partial charge on any atom is -0.496 e. The van der Waals surface area contributed by atoms with Crippen molar-refractivity contribution in [1.82, 2.24) is 0 Å². The molecule has 1 atom stereocenters. The molecule has 0 saturated carbocycles. The Balaban J connectivity index is 2.67. The number of benzene rings is 1. The molecule has 1 aromatic rings. The number of ether oxygens (including phenoxy) is 2. The molecule has 0 bridgehead atoms. The summed E-state index contributed by atoms with van der Waals surface area (Å²) in [6, 6.07) is 2.05. The van der Waals surface area contributed by atoms with Gasteiger partial charge in [-0.25, -0.2) is 0 Å². The predicted octanol–water partition coefficient (Wildman–Crippen LogP) is 2.07. The molecule has 1 amide bonds. The van der Waals surface area contributed by atoms with Crippen LogP contribution in [0.25, 0.3) is 0 Å². The monoisotopic (exact) mass is 275 g/mol. The molecule has 0 aliphatic carbocycles. The van der Waals surface area contributed by atoms with Crippen LogP contribution >= 0.6 is 0 Å². The number of rotatable bonds is 2. The summed E-state index contributed by atoms with van der Waals surface area (Å²) in [5.41, 5.74) is 4.39. The third-order valence-electron chi connectivity index (χ3n) is 3.03. The highest BCUT2D eigenvalue weighted by Gasteiger charge is 2.40. The highest BCUT2D eigenvalue weighted by atomic mass is 19.4.